The van der Waals surface area contributed by atoms with Crippen LogP contribution in [0.1, 0.15) is 16.7 Å². The smallest absolute Gasteiger partial charge is 0.242 e. The average Bonchev–Trinajstić information content (AvgIpc) is 3.22. The molecule has 1 aliphatic rings. The van der Waals surface area contributed by atoms with Crippen LogP contribution in [0.3, 0.4) is 0 Å². The number of nitrogens with zero attached hydrogens (tertiary/aromatic N) is 3. The largest absolute Gasteiger partial charge is 0.326 e. The number of nitrogens with two attached hydrogens (primary N) is 1. The van der Waals surface area contributed by atoms with E-state index in [1.807, 2.05) is 48.5 Å². The Bertz CT molecular complexity index is 1180. The van der Waals surface area contributed by atoms with Gasteiger partial charge < -0.3 is 10.6 Å². The summed E-state index contributed by atoms with van der Waals surface area (Å²) in [7, 11) is -1.37. The Labute approximate surface area is 184 Å². The fourth-order valence-corrected chi connectivity index (χ4v) is 5.30. The van der Waals surface area contributed by atoms with Crippen molar-refractivity contribution in [1.82, 2.24) is 13.8 Å². The summed E-state index contributed by atoms with van der Waals surface area (Å²) in [6, 6.07) is 15.6. The van der Waals surface area contributed by atoms with Crippen LogP contribution in [0.15, 0.2) is 60.8 Å². The summed E-state index contributed by atoms with van der Waals surface area (Å²) >= 11 is 0. The number of rotatable bonds is 7. The molecular formula is C24H30N4O2S. The van der Waals surface area contributed by atoms with Gasteiger partial charge in [0.2, 0.25) is 10.0 Å². The monoisotopic (exact) mass is 438 g/mol. The first-order valence-electron chi connectivity index (χ1n) is 10.7. The van der Waals surface area contributed by atoms with Gasteiger partial charge in [-0.25, -0.2) is 12.4 Å². The van der Waals surface area contributed by atoms with Crippen LogP contribution in [0.2, 0.25) is 0 Å². The van der Waals surface area contributed by atoms with E-state index in [9.17, 15) is 8.42 Å². The number of benzene rings is 2. The van der Waals surface area contributed by atoms with E-state index in [0.29, 0.717) is 6.54 Å². The van der Waals surface area contributed by atoms with E-state index in [2.05, 4.69) is 22.9 Å². The molecule has 0 bridgehead atoms. The van der Waals surface area contributed by atoms with E-state index in [-0.39, 0.29) is 5.75 Å². The molecule has 0 saturated carbocycles. The Morgan fingerprint density at radius 3 is 2.48 bits per heavy atom. The predicted molar refractivity (Wildman–Crippen MR) is 127 cm³/mol. The van der Waals surface area contributed by atoms with Crippen LogP contribution in [0.4, 0.5) is 0 Å². The minimum atomic E-state index is -3.51. The van der Waals surface area contributed by atoms with E-state index < -0.39 is 10.0 Å². The topological polar surface area (TPSA) is 71.6 Å². The first kappa shape index (κ1) is 21.8. The van der Waals surface area contributed by atoms with Gasteiger partial charge >= 0.3 is 0 Å². The van der Waals surface area contributed by atoms with E-state index >= 15 is 0 Å². The molecule has 31 heavy (non-hydrogen) atoms. The molecule has 0 aliphatic carbocycles. The van der Waals surface area contributed by atoms with E-state index in [4.69, 9.17) is 5.73 Å². The number of hydrogen-bond acceptors (Lipinski definition) is 5. The van der Waals surface area contributed by atoms with Crippen molar-refractivity contribution >= 4 is 27.0 Å². The molecule has 1 aliphatic heterocycles. The Hall–Kier alpha value is -2.45. The summed E-state index contributed by atoms with van der Waals surface area (Å²) in [5.41, 5.74) is 9.63. The molecule has 7 heteroatoms. The number of piperazine rings is 1. The highest BCUT2D eigenvalue weighted by atomic mass is 32.2. The van der Waals surface area contributed by atoms with Gasteiger partial charge in [-0.3, -0.25) is 4.90 Å². The maximum atomic E-state index is 13.1. The van der Waals surface area contributed by atoms with Crippen LogP contribution in [-0.2, 0) is 23.1 Å². The Morgan fingerprint density at radius 2 is 1.71 bits per heavy atom. The van der Waals surface area contributed by atoms with Crippen LogP contribution in [0.25, 0.3) is 17.0 Å². The molecule has 3 aromatic rings. The van der Waals surface area contributed by atoms with Crippen molar-refractivity contribution in [1.29, 1.82) is 0 Å². The third-order valence-corrected chi connectivity index (χ3v) is 7.49. The van der Waals surface area contributed by atoms with E-state index in [1.54, 1.807) is 12.3 Å². The molecule has 0 atom stereocenters. The summed E-state index contributed by atoms with van der Waals surface area (Å²) in [5, 5.41) is 1.00. The van der Waals surface area contributed by atoms with Gasteiger partial charge in [-0.1, -0.05) is 48.6 Å². The molecule has 0 unspecified atom stereocenters. The van der Waals surface area contributed by atoms with Crippen LogP contribution >= 0.6 is 0 Å². The maximum Gasteiger partial charge on any atom is 0.242 e. The Kier molecular flexibility index (Phi) is 6.57. The standard InChI is InChI=1S/C24H30N4O2S/c1-26-13-15-27(16-14-26)19-22-8-4-10-24-23(22)11-12-28(24)31(29,30)17-5-9-20-6-2-3-7-21(20)18-25/h2-12H,13-19,25H2,1H3. The number of hydrogen-bond donors (Lipinski definition) is 1. The number of fused-ring (bicyclic) bond motifs is 1. The normalized spacial score (nSPS) is 16.5. The molecule has 4 rings (SSSR count). The third-order valence-electron chi connectivity index (χ3n) is 5.96. The van der Waals surface area contributed by atoms with Gasteiger partial charge in [0, 0.05) is 50.9 Å². The molecule has 1 aromatic heterocycles. The SMILES string of the molecule is CN1CCN(Cc2cccc3c2ccn3S(=O)(=O)CC=Cc2ccccc2CN)CC1. The lowest BCUT2D eigenvalue weighted by atomic mass is 10.1. The zero-order chi connectivity index (χ0) is 21.8. The van der Waals surface area contributed by atoms with Gasteiger partial charge in [-0.15, -0.1) is 0 Å². The molecule has 1 saturated heterocycles. The third kappa shape index (κ3) is 4.91. The van der Waals surface area contributed by atoms with Crippen LogP contribution in [0, 0.1) is 0 Å². The molecule has 1 fully saturated rings. The maximum absolute atomic E-state index is 13.1. The highest BCUT2D eigenvalue weighted by molar-refractivity contribution is 7.90. The van der Waals surface area contributed by atoms with Crippen LogP contribution in [0.5, 0.6) is 0 Å². The van der Waals surface area contributed by atoms with Gasteiger partial charge in [0.15, 0.2) is 0 Å². The molecule has 0 spiro atoms. The zero-order valence-corrected chi connectivity index (χ0v) is 18.8. The van der Waals surface area contributed by atoms with Crippen molar-refractivity contribution in [3.05, 3.63) is 77.5 Å². The lowest BCUT2D eigenvalue weighted by Crippen LogP contribution is -2.43. The Balaban J connectivity index is 1.54. The summed E-state index contributed by atoms with van der Waals surface area (Å²) < 4.78 is 27.5. The number of aromatic nitrogens is 1. The summed E-state index contributed by atoms with van der Waals surface area (Å²) in [6.07, 6.45) is 5.21. The first-order valence-corrected chi connectivity index (χ1v) is 12.3. The Morgan fingerprint density at radius 1 is 0.968 bits per heavy atom. The lowest BCUT2D eigenvalue weighted by molar-refractivity contribution is 0.148. The lowest BCUT2D eigenvalue weighted by Gasteiger charge is -2.32. The molecule has 0 radical (unpaired) electrons. The van der Waals surface area contributed by atoms with Crippen molar-refractivity contribution in [3.63, 3.8) is 0 Å². The highest BCUT2D eigenvalue weighted by Crippen LogP contribution is 2.24. The van der Waals surface area contributed by atoms with Crippen molar-refractivity contribution in [3.8, 4) is 0 Å². The van der Waals surface area contributed by atoms with Gasteiger partial charge in [-0.2, -0.15) is 0 Å². The fourth-order valence-electron chi connectivity index (χ4n) is 4.09. The predicted octanol–water partition coefficient (Wildman–Crippen LogP) is 2.74. The van der Waals surface area contributed by atoms with E-state index in [0.717, 1.165) is 54.8 Å². The highest BCUT2D eigenvalue weighted by Gasteiger charge is 2.18. The quantitative estimate of drug-likeness (QED) is 0.614. The second kappa shape index (κ2) is 9.36. The molecule has 6 nitrogen and oxygen atoms in total. The summed E-state index contributed by atoms with van der Waals surface area (Å²) in [6.45, 7) is 5.44. The summed E-state index contributed by atoms with van der Waals surface area (Å²) in [4.78, 5) is 4.76. The van der Waals surface area contributed by atoms with E-state index in [1.165, 1.54) is 9.54 Å². The molecular weight excluding hydrogens is 408 g/mol. The molecule has 2 N–H and O–H groups in total. The first-order chi connectivity index (χ1) is 15.0. The number of likely N-dealkylation sites (N-methyl/N-ethyl adjacent to an activating group) is 1. The molecule has 0 amide bonds. The minimum Gasteiger partial charge on any atom is -0.326 e. The molecule has 2 aromatic carbocycles. The van der Waals surface area contributed by atoms with Gasteiger partial charge in [0.25, 0.3) is 0 Å². The van der Waals surface area contributed by atoms with Crippen molar-refractivity contribution in [2.45, 2.75) is 13.1 Å². The van der Waals surface area contributed by atoms with Crippen molar-refractivity contribution < 1.29 is 8.42 Å². The fraction of sp³-hybridized carbons (Fsp3) is 0.333. The molecule has 164 valence electrons. The van der Waals surface area contributed by atoms with Crippen LogP contribution < -0.4 is 5.73 Å². The van der Waals surface area contributed by atoms with Gasteiger partial charge in [0.1, 0.15) is 0 Å². The summed E-state index contributed by atoms with van der Waals surface area (Å²) in [5.74, 6) is -0.0711. The minimum absolute atomic E-state index is 0.0711. The second-order valence-electron chi connectivity index (χ2n) is 8.12. The van der Waals surface area contributed by atoms with Crippen LogP contribution in [-0.4, -0.2) is 61.2 Å². The molecule has 2 heterocycles. The van der Waals surface area contributed by atoms with Crippen molar-refractivity contribution in [2.24, 2.45) is 5.73 Å². The van der Waals surface area contributed by atoms with Gasteiger partial charge in [0.05, 0.1) is 11.3 Å². The second-order valence-corrected chi connectivity index (χ2v) is 10.0. The average molecular weight is 439 g/mol. The van der Waals surface area contributed by atoms with Gasteiger partial charge in [-0.05, 0) is 35.9 Å². The van der Waals surface area contributed by atoms with Crippen molar-refractivity contribution in [2.75, 3.05) is 39.0 Å². The zero-order valence-electron chi connectivity index (χ0n) is 17.9.